The molecule has 12 heteroatoms. The summed E-state index contributed by atoms with van der Waals surface area (Å²) >= 11 is 2.16. The number of aromatic nitrogens is 4. The van der Waals surface area contributed by atoms with E-state index in [4.69, 9.17) is 15.5 Å². The predicted octanol–water partition coefficient (Wildman–Crippen LogP) is 5.17. The van der Waals surface area contributed by atoms with Crippen LogP contribution in [0, 0.1) is 6.92 Å². The number of fused-ring (bicyclic) bond motifs is 1. The van der Waals surface area contributed by atoms with E-state index in [0.717, 1.165) is 39.1 Å². The quantitative estimate of drug-likeness (QED) is 0.178. The number of methoxy groups -OCH3 is 1. The Morgan fingerprint density at radius 2 is 1.80 bits per heavy atom. The number of carbonyl (C=O) groups is 3. The average molecular weight is 587 g/mol. The monoisotopic (exact) mass is 586 g/mol. The van der Waals surface area contributed by atoms with E-state index >= 15 is 0 Å². The van der Waals surface area contributed by atoms with Gasteiger partial charge in [0.05, 0.1) is 34.5 Å². The smallest absolute Gasteiger partial charge is 0.341 e. The van der Waals surface area contributed by atoms with Crippen LogP contribution in [0.1, 0.15) is 32.5 Å². The molecule has 0 fully saturated rings. The van der Waals surface area contributed by atoms with Crippen LogP contribution in [0.25, 0.3) is 33.5 Å². The summed E-state index contributed by atoms with van der Waals surface area (Å²) in [5, 5.41) is 13.3. The number of nitrogens with zero attached hydrogens (tertiary/aromatic N) is 4. The molecule has 2 amide bonds. The van der Waals surface area contributed by atoms with Gasteiger partial charge < -0.3 is 20.4 Å². The topological polar surface area (TPSA) is 142 Å². The number of rotatable bonds is 9. The van der Waals surface area contributed by atoms with Crippen LogP contribution < -0.4 is 11.1 Å². The Bertz CT molecular complexity index is 1780. The number of nitrogens with two attached hydrogens (primary N) is 1. The first kappa shape index (κ1) is 28.0. The minimum atomic E-state index is -0.685. The van der Waals surface area contributed by atoms with Crippen molar-refractivity contribution in [2.75, 3.05) is 18.2 Å². The number of carbonyl (C=O) groups excluding carboxylic acids is 3. The van der Waals surface area contributed by atoms with Crippen molar-refractivity contribution in [3.63, 3.8) is 0 Å². The van der Waals surface area contributed by atoms with Crippen LogP contribution in [0.5, 0.6) is 0 Å². The van der Waals surface area contributed by atoms with Gasteiger partial charge in [0.2, 0.25) is 5.91 Å². The molecule has 0 saturated heterocycles. The number of amides is 2. The van der Waals surface area contributed by atoms with Crippen LogP contribution in [-0.4, -0.2) is 50.4 Å². The van der Waals surface area contributed by atoms with Gasteiger partial charge in [0.15, 0.2) is 11.0 Å². The molecule has 10 nitrogen and oxygen atoms in total. The molecule has 3 heterocycles. The van der Waals surface area contributed by atoms with Crippen LogP contribution in [0.2, 0.25) is 0 Å². The molecule has 0 radical (unpaired) electrons. The fourth-order valence-corrected chi connectivity index (χ4v) is 6.34. The SMILES string of the molecule is CCn1c(SCC(=O)Nc2sc(C(N)=O)c(C)c2C(=O)OC)nnc1-c1cc(-c2ccccc2)nc2ccccc12. The molecule has 0 atom stereocenters. The van der Waals surface area contributed by atoms with Crippen LogP contribution in [0.3, 0.4) is 0 Å². The summed E-state index contributed by atoms with van der Waals surface area (Å²) in [4.78, 5) is 42.1. The van der Waals surface area contributed by atoms with Crippen LogP contribution in [-0.2, 0) is 16.1 Å². The minimum Gasteiger partial charge on any atom is -0.465 e. The maximum Gasteiger partial charge on any atom is 0.341 e. The molecule has 41 heavy (non-hydrogen) atoms. The lowest BCUT2D eigenvalue weighted by Gasteiger charge is -2.12. The van der Waals surface area contributed by atoms with Crippen molar-refractivity contribution in [3.05, 3.63) is 76.7 Å². The highest BCUT2D eigenvalue weighted by atomic mass is 32.2. The Hall–Kier alpha value is -4.55. The second-order valence-electron chi connectivity index (χ2n) is 8.94. The van der Waals surface area contributed by atoms with Crippen molar-refractivity contribution in [3.8, 4) is 22.6 Å². The van der Waals surface area contributed by atoms with E-state index in [0.29, 0.717) is 23.1 Å². The summed E-state index contributed by atoms with van der Waals surface area (Å²) in [5.41, 5.74) is 9.46. The number of para-hydroxylation sites is 1. The maximum atomic E-state index is 12.9. The number of thiophene rings is 1. The number of anilines is 1. The molecule has 5 aromatic rings. The molecule has 0 aliphatic carbocycles. The van der Waals surface area contributed by atoms with Gasteiger partial charge in [0, 0.05) is 23.1 Å². The van der Waals surface area contributed by atoms with Gasteiger partial charge in [-0.05, 0) is 31.5 Å². The second-order valence-corrected chi connectivity index (χ2v) is 10.9. The molecule has 5 rings (SSSR count). The molecular formula is C29H26N6O4S2. The van der Waals surface area contributed by atoms with E-state index < -0.39 is 11.9 Å². The summed E-state index contributed by atoms with van der Waals surface area (Å²) in [6.45, 7) is 4.15. The van der Waals surface area contributed by atoms with Gasteiger partial charge in [0.25, 0.3) is 5.91 Å². The van der Waals surface area contributed by atoms with Crippen molar-refractivity contribution in [2.45, 2.75) is 25.5 Å². The highest BCUT2D eigenvalue weighted by Gasteiger charge is 2.26. The van der Waals surface area contributed by atoms with Crippen LogP contribution >= 0.6 is 23.1 Å². The summed E-state index contributed by atoms with van der Waals surface area (Å²) < 4.78 is 6.79. The van der Waals surface area contributed by atoms with Gasteiger partial charge in [-0.15, -0.1) is 21.5 Å². The summed E-state index contributed by atoms with van der Waals surface area (Å²) in [7, 11) is 1.23. The van der Waals surface area contributed by atoms with Crippen molar-refractivity contribution in [1.82, 2.24) is 19.7 Å². The Balaban J connectivity index is 1.43. The number of thioether (sulfide) groups is 1. The Morgan fingerprint density at radius 1 is 1.07 bits per heavy atom. The van der Waals surface area contributed by atoms with Gasteiger partial charge in [-0.2, -0.15) is 0 Å². The third-order valence-electron chi connectivity index (χ3n) is 6.41. The first-order valence-electron chi connectivity index (χ1n) is 12.6. The molecule has 0 aliphatic heterocycles. The predicted molar refractivity (Wildman–Crippen MR) is 160 cm³/mol. The Labute approximate surface area is 244 Å². The lowest BCUT2D eigenvalue weighted by molar-refractivity contribution is -0.113. The highest BCUT2D eigenvalue weighted by molar-refractivity contribution is 7.99. The Morgan fingerprint density at radius 3 is 2.51 bits per heavy atom. The zero-order valence-corrected chi connectivity index (χ0v) is 24.1. The zero-order valence-electron chi connectivity index (χ0n) is 22.5. The highest BCUT2D eigenvalue weighted by Crippen LogP contribution is 2.35. The van der Waals surface area contributed by atoms with Gasteiger partial charge in [0.1, 0.15) is 5.00 Å². The van der Waals surface area contributed by atoms with E-state index in [1.54, 1.807) is 6.92 Å². The van der Waals surface area contributed by atoms with E-state index in [9.17, 15) is 14.4 Å². The number of hydrogen-bond donors (Lipinski definition) is 2. The van der Waals surface area contributed by atoms with E-state index in [2.05, 4.69) is 15.5 Å². The molecule has 0 aliphatic rings. The van der Waals surface area contributed by atoms with Gasteiger partial charge in [-0.3, -0.25) is 9.59 Å². The number of nitrogens with one attached hydrogen (secondary N) is 1. The number of hydrogen-bond acceptors (Lipinski definition) is 9. The number of primary amides is 1. The van der Waals surface area contributed by atoms with Crippen LogP contribution in [0.15, 0.2) is 65.8 Å². The minimum absolute atomic E-state index is 0.00600. The average Bonchev–Trinajstić information content (AvgIpc) is 3.55. The van der Waals surface area contributed by atoms with E-state index in [1.807, 2.05) is 72.2 Å². The molecule has 3 N–H and O–H groups in total. The number of benzene rings is 2. The van der Waals surface area contributed by atoms with Crippen LogP contribution in [0.4, 0.5) is 5.00 Å². The lowest BCUT2D eigenvalue weighted by atomic mass is 10.0. The maximum absolute atomic E-state index is 12.9. The van der Waals surface area contributed by atoms with Crippen molar-refractivity contribution in [2.24, 2.45) is 5.73 Å². The molecule has 0 unspecified atom stereocenters. The summed E-state index contributed by atoms with van der Waals surface area (Å²) in [6.07, 6.45) is 0. The van der Waals surface area contributed by atoms with E-state index in [1.165, 1.54) is 18.9 Å². The summed E-state index contributed by atoms with van der Waals surface area (Å²) in [6, 6.07) is 19.8. The first-order valence-corrected chi connectivity index (χ1v) is 14.5. The molecule has 2 aromatic carbocycles. The molecular weight excluding hydrogens is 560 g/mol. The molecule has 208 valence electrons. The van der Waals surface area contributed by atoms with Crippen molar-refractivity contribution >= 4 is 56.8 Å². The number of ether oxygens (including phenoxy) is 1. The Kier molecular flexibility index (Phi) is 8.13. The fraction of sp³-hybridized carbons (Fsp3) is 0.172. The number of esters is 1. The second kappa shape index (κ2) is 11.9. The van der Waals surface area contributed by atoms with Gasteiger partial charge in [-0.25, -0.2) is 9.78 Å². The first-order chi connectivity index (χ1) is 19.8. The number of pyridine rings is 1. The lowest BCUT2D eigenvalue weighted by Crippen LogP contribution is -2.16. The standard InChI is InChI=1S/C29H26N6O4S2/c1-4-35-26(19-14-21(17-10-6-5-7-11-17)31-20-13-9-8-12-18(19)20)33-34-29(35)40-15-22(36)32-27-23(28(38)39-3)16(2)24(41-27)25(30)37/h5-14H,4,15H2,1-3H3,(H2,30,37)(H,32,36). The zero-order chi connectivity index (χ0) is 29.1. The molecule has 0 spiro atoms. The summed E-state index contributed by atoms with van der Waals surface area (Å²) in [5.74, 6) is -1.07. The fourth-order valence-electron chi connectivity index (χ4n) is 4.47. The molecule has 3 aromatic heterocycles. The third-order valence-corrected chi connectivity index (χ3v) is 8.59. The van der Waals surface area contributed by atoms with Gasteiger partial charge >= 0.3 is 5.97 Å². The van der Waals surface area contributed by atoms with Crippen molar-refractivity contribution in [1.29, 1.82) is 0 Å². The van der Waals surface area contributed by atoms with Crippen molar-refractivity contribution < 1.29 is 19.1 Å². The molecule has 0 bridgehead atoms. The third kappa shape index (κ3) is 5.56. The van der Waals surface area contributed by atoms with Gasteiger partial charge in [-0.1, -0.05) is 60.3 Å². The normalized spacial score (nSPS) is 11.0. The largest absolute Gasteiger partial charge is 0.465 e. The molecule has 0 saturated carbocycles. The van der Waals surface area contributed by atoms with E-state index in [-0.39, 0.29) is 27.1 Å².